The Morgan fingerprint density at radius 2 is 1.69 bits per heavy atom. The second kappa shape index (κ2) is 16.0. The number of nitrogens with zero attached hydrogens (tertiary/aromatic N) is 1. The summed E-state index contributed by atoms with van der Waals surface area (Å²) in [6.07, 6.45) is -0.712. The van der Waals surface area contributed by atoms with E-state index < -0.39 is 24.0 Å². The quantitative estimate of drug-likeness (QED) is 0.336. The summed E-state index contributed by atoms with van der Waals surface area (Å²) in [6, 6.07) is 9.21. The number of carboxylic acids is 1. The van der Waals surface area contributed by atoms with Gasteiger partial charge in [0.2, 0.25) is 5.91 Å². The van der Waals surface area contributed by atoms with Crippen LogP contribution in [0, 0.1) is 0 Å². The van der Waals surface area contributed by atoms with E-state index in [4.69, 9.17) is 4.74 Å². The van der Waals surface area contributed by atoms with Gasteiger partial charge in [-0.2, -0.15) is 0 Å². The summed E-state index contributed by atoms with van der Waals surface area (Å²) in [5.74, 6) is -2.01. The Kier molecular flexibility index (Phi) is 14.7. The first-order valence-electron chi connectivity index (χ1n) is 11.0. The molecule has 0 radical (unpaired) electrons. The number of nitrogens with one attached hydrogen (secondary N) is 2. The third-order valence-electron chi connectivity index (χ3n) is 4.91. The molecular weight excluding hydrogens is 414 g/mol. The van der Waals surface area contributed by atoms with E-state index in [-0.39, 0.29) is 26.0 Å². The van der Waals surface area contributed by atoms with Gasteiger partial charge in [0.05, 0.1) is 30.6 Å². The standard InChI is InChI=1S/C15H20N2O6.C8H19N/c1-11(18)17(22)9-5-8-13(14(19)20)16-15(21)23-10-12-6-3-2-4-7-12;1-6-9(7(2)3)8(4)5/h2-4,6-7,13,22H,5,8-10H2,1H3,(H,16,21)(H,19,20);7-8H,6H2,1-5H3/t13-;/m0./s1. The van der Waals surface area contributed by atoms with E-state index in [9.17, 15) is 24.7 Å². The highest BCUT2D eigenvalue weighted by Crippen LogP contribution is 2.03. The predicted molar refractivity (Wildman–Crippen MR) is 119 cm³/mol. The zero-order chi connectivity index (χ0) is 24.7. The smallest absolute Gasteiger partial charge is 0.407 e. The number of quaternary nitrogens is 1. The van der Waals surface area contributed by atoms with Crippen molar-refractivity contribution in [1.82, 2.24) is 10.4 Å². The molecule has 3 N–H and O–H groups in total. The first-order valence-corrected chi connectivity index (χ1v) is 11.0. The molecule has 0 spiro atoms. The molecule has 1 aromatic carbocycles. The van der Waals surface area contributed by atoms with E-state index in [2.05, 4.69) is 39.9 Å². The average molecular weight is 454 g/mol. The Bertz CT molecular complexity index is 674. The molecule has 0 aromatic heterocycles. The molecule has 9 heteroatoms. The normalized spacial score (nSPS) is 11.6. The number of benzene rings is 1. The summed E-state index contributed by atoms with van der Waals surface area (Å²) < 4.78 is 4.92. The van der Waals surface area contributed by atoms with Crippen LogP contribution in [0.4, 0.5) is 4.79 Å². The number of rotatable bonds is 11. The van der Waals surface area contributed by atoms with E-state index in [1.165, 1.54) is 13.5 Å². The minimum Gasteiger partial charge on any atom is -0.548 e. The highest BCUT2D eigenvalue weighted by molar-refractivity contribution is 5.78. The lowest BCUT2D eigenvalue weighted by atomic mass is 10.1. The molecule has 1 atom stereocenters. The summed E-state index contributed by atoms with van der Waals surface area (Å²) in [5, 5.41) is 22.8. The van der Waals surface area contributed by atoms with Gasteiger partial charge < -0.3 is 24.9 Å². The average Bonchev–Trinajstić information content (AvgIpc) is 2.72. The molecule has 32 heavy (non-hydrogen) atoms. The molecule has 1 aromatic rings. The summed E-state index contributed by atoms with van der Waals surface area (Å²) in [4.78, 5) is 35.1. The van der Waals surface area contributed by atoms with Gasteiger partial charge in [-0.15, -0.1) is 0 Å². The molecule has 9 nitrogen and oxygen atoms in total. The van der Waals surface area contributed by atoms with Crippen LogP contribution < -0.4 is 15.3 Å². The van der Waals surface area contributed by atoms with Crippen molar-refractivity contribution in [1.29, 1.82) is 0 Å². The van der Waals surface area contributed by atoms with Crippen LogP contribution in [0.25, 0.3) is 0 Å². The van der Waals surface area contributed by atoms with Gasteiger partial charge in [-0.1, -0.05) is 30.3 Å². The van der Waals surface area contributed by atoms with Gasteiger partial charge >= 0.3 is 6.09 Å². The van der Waals surface area contributed by atoms with Crippen molar-refractivity contribution in [2.45, 2.75) is 79.1 Å². The third-order valence-corrected chi connectivity index (χ3v) is 4.91. The number of alkyl carbamates (subject to hydrolysis) is 1. The molecule has 0 aliphatic heterocycles. The van der Waals surface area contributed by atoms with E-state index in [1.807, 2.05) is 6.07 Å². The maximum Gasteiger partial charge on any atom is 0.407 e. The van der Waals surface area contributed by atoms with Gasteiger partial charge in [-0.25, -0.2) is 9.86 Å². The Hall–Kier alpha value is -2.65. The van der Waals surface area contributed by atoms with Crippen LogP contribution in [0.2, 0.25) is 0 Å². The third kappa shape index (κ3) is 12.9. The number of carbonyl (C=O) groups is 3. The molecule has 2 amide bonds. The molecule has 0 heterocycles. The van der Waals surface area contributed by atoms with Gasteiger partial charge in [0, 0.05) is 13.5 Å². The largest absolute Gasteiger partial charge is 0.548 e. The second-order valence-corrected chi connectivity index (χ2v) is 8.10. The van der Waals surface area contributed by atoms with Crippen molar-refractivity contribution in [3.63, 3.8) is 0 Å². The topological polar surface area (TPSA) is 123 Å². The molecule has 0 saturated carbocycles. The molecule has 0 bridgehead atoms. The summed E-state index contributed by atoms with van der Waals surface area (Å²) in [5.41, 5.74) is 0.769. The zero-order valence-electron chi connectivity index (χ0n) is 20.1. The Morgan fingerprint density at radius 1 is 1.12 bits per heavy atom. The molecule has 0 fully saturated rings. The number of hydrogen-bond acceptors (Lipinski definition) is 6. The van der Waals surface area contributed by atoms with Gasteiger partial charge in [-0.05, 0) is 53.0 Å². The highest BCUT2D eigenvalue weighted by Gasteiger charge is 2.15. The fourth-order valence-corrected chi connectivity index (χ4v) is 3.24. The van der Waals surface area contributed by atoms with E-state index in [1.54, 1.807) is 29.2 Å². The van der Waals surface area contributed by atoms with Crippen LogP contribution in [0.3, 0.4) is 0 Å². The maximum absolute atomic E-state index is 11.6. The number of hydrogen-bond donors (Lipinski definition) is 3. The highest BCUT2D eigenvalue weighted by atomic mass is 16.5. The Balaban J connectivity index is 0.000000900. The number of carboxylic acid groups (broad SMARTS) is 1. The van der Waals surface area contributed by atoms with Crippen molar-refractivity contribution in [2.24, 2.45) is 0 Å². The van der Waals surface area contributed by atoms with E-state index in [0.29, 0.717) is 5.06 Å². The number of hydroxylamine groups is 2. The van der Waals surface area contributed by atoms with Crippen LogP contribution in [0.5, 0.6) is 0 Å². The van der Waals surface area contributed by atoms with Gasteiger partial charge in [0.1, 0.15) is 6.61 Å². The fourth-order valence-electron chi connectivity index (χ4n) is 3.24. The lowest BCUT2D eigenvalue weighted by Crippen LogP contribution is -3.17. The lowest BCUT2D eigenvalue weighted by molar-refractivity contribution is -0.940. The number of carbonyl (C=O) groups excluding carboxylic acids is 3. The first-order chi connectivity index (χ1) is 15.0. The Morgan fingerprint density at radius 3 is 2.09 bits per heavy atom. The molecule has 0 saturated heterocycles. The summed E-state index contributed by atoms with van der Waals surface area (Å²) >= 11 is 0. The Labute approximate surface area is 191 Å². The predicted octanol–water partition coefficient (Wildman–Crippen LogP) is 0.757. The van der Waals surface area contributed by atoms with Crippen molar-refractivity contribution in [2.75, 3.05) is 13.1 Å². The van der Waals surface area contributed by atoms with Crippen LogP contribution in [0.15, 0.2) is 30.3 Å². The summed E-state index contributed by atoms with van der Waals surface area (Å²) in [6.45, 7) is 13.7. The summed E-state index contributed by atoms with van der Waals surface area (Å²) in [7, 11) is 0. The molecule has 182 valence electrons. The number of aliphatic carboxylic acids is 1. The van der Waals surface area contributed by atoms with Gasteiger partial charge in [0.25, 0.3) is 0 Å². The van der Waals surface area contributed by atoms with Crippen LogP contribution in [-0.4, -0.2) is 59.5 Å². The number of amides is 2. The van der Waals surface area contributed by atoms with Crippen molar-refractivity contribution < 1.29 is 34.3 Å². The van der Waals surface area contributed by atoms with Crippen molar-refractivity contribution in [3.05, 3.63) is 35.9 Å². The zero-order valence-corrected chi connectivity index (χ0v) is 20.1. The first kappa shape index (κ1) is 29.4. The van der Waals surface area contributed by atoms with Crippen molar-refractivity contribution >= 4 is 18.0 Å². The lowest BCUT2D eigenvalue weighted by Gasteiger charge is -2.25. The van der Waals surface area contributed by atoms with Crippen molar-refractivity contribution in [3.8, 4) is 0 Å². The molecule has 0 aliphatic rings. The SMILES string of the molecule is CC(=O)N(O)CCC[C@H](NC(=O)OCc1ccccc1)C(=O)[O-].CC[NH+](C(C)C)C(C)C. The monoisotopic (exact) mass is 453 g/mol. The van der Waals surface area contributed by atoms with Crippen LogP contribution in [0.1, 0.15) is 59.9 Å². The van der Waals surface area contributed by atoms with E-state index in [0.717, 1.165) is 17.6 Å². The van der Waals surface area contributed by atoms with Crippen LogP contribution in [-0.2, 0) is 20.9 Å². The minimum absolute atomic E-state index is 0.00684. The maximum atomic E-state index is 11.6. The van der Waals surface area contributed by atoms with Gasteiger partial charge in [0.15, 0.2) is 0 Å². The number of ether oxygens (including phenoxy) is 1. The molecule has 1 rings (SSSR count). The molecule has 0 aliphatic carbocycles. The molecular formula is C23H39N3O6. The van der Waals surface area contributed by atoms with Crippen LogP contribution >= 0.6 is 0 Å². The van der Waals surface area contributed by atoms with Gasteiger partial charge in [-0.3, -0.25) is 10.0 Å². The second-order valence-electron chi connectivity index (χ2n) is 8.10. The fraction of sp³-hybridized carbons (Fsp3) is 0.609. The molecule has 0 unspecified atom stereocenters. The van der Waals surface area contributed by atoms with E-state index >= 15 is 0 Å². The minimum atomic E-state index is -1.46.